The first kappa shape index (κ1) is 51.7. The van der Waals surface area contributed by atoms with Crippen LogP contribution in [0.25, 0.3) is 0 Å². The van der Waals surface area contributed by atoms with E-state index in [2.05, 4.69) is 11.9 Å². The minimum atomic E-state index is -1.51. The Labute approximate surface area is 364 Å². The highest BCUT2D eigenvalue weighted by atomic mass is 16.6. The van der Waals surface area contributed by atoms with Crippen LogP contribution in [0.1, 0.15) is 215 Å². The quantitative estimate of drug-likeness (QED) is 0.0442. The van der Waals surface area contributed by atoms with Crippen LogP contribution in [-0.2, 0) is 30.4 Å². The number of carbonyl (C=O) groups excluding carboxylic acids is 3. The molecule has 3 N–H and O–H groups in total. The molecule has 0 aliphatic carbocycles. The van der Waals surface area contributed by atoms with E-state index >= 15 is 0 Å². The number of hydrogen-bond acceptors (Lipinski definition) is 10. The average molecular weight is 855 g/mol. The zero-order valence-electron chi connectivity index (χ0n) is 37.3. The van der Waals surface area contributed by atoms with Gasteiger partial charge in [0.2, 0.25) is 0 Å². The number of ether oxygens (including phenoxy) is 3. The average Bonchev–Trinajstić information content (AvgIpc) is 3.53. The SMILES string of the molecule is CCCCCCCCCCCCCCCC(=O)CCCCCCCCCCCCCCCC(=O)OCc1ccccc1C(=O)OC[C@H]1O[C@@H](n2ccc(=O)[nH]c2=O)[C@H](O)[C@@H]1O. The molecule has 1 saturated heterocycles. The van der Waals surface area contributed by atoms with E-state index in [0.29, 0.717) is 17.8 Å². The number of benzene rings is 1. The van der Waals surface area contributed by atoms with Crippen molar-refractivity contribution in [2.45, 2.75) is 224 Å². The van der Waals surface area contributed by atoms with Crippen LogP contribution in [0.4, 0.5) is 0 Å². The Morgan fingerprint density at radius 1 is 0.623 bits per heavy atom. The second-order valence-electron chi connectivity index (χ2n) is 17.1. The number of H-pyrrole nitrogens is 1. The molecule has 61 heavy (non-hydrogen) atoms. The summed E-state index contributed by atoms with van der Waals surface area (Å²) in [7, 11) is 0. The Morgan fingerprint density at radius 3 is 1.61 bits per heavy atom. The number of nitrogens with one attached hydrogen (secondary N) is 1. The van der Waals surface area contributed by atoms with Crippen LogP contribution >= 0.6 is 0 Å². The highest BCUT2D eigenvalue weighted by Crippen LogP contribution is 2.29. The maximum atomic E-state index is 13.0. The van der Waals surface area contributed by atoms with Gasteiger partial charge in [0.1, 0.15) is 37.3 Å². The summed E-state index contributed by atoms with van der Waals surface area (Å²) in [5.74, 6) is -0.596. The molecule has 12 nitrogen and oxygen atoms in total. The number of aliphatic hydroxyl groups is 2. The summed E-state index contributed by atoms with van der Waals surface area (Å²) in [5.41, 5.74) is -0.783. The first-order valence-corrected chi connectivity index (χ1v) is 24.0. The molecule has 0 spiro atoms. The maximum absolute atomic E-state index is 13.0. The van der Waals surface area contributed by atoms with Crippen LogP contribution < -0.4 is 11.2 Å². The van der Waals surface area contributed by atoms with Gasteiger partial charge in [-0.25, -0.2) is 9.59 Å². The fraction of sp³-hybridized carbons (Fsp3) is 0.735. The minimum Gasteiger partial charge on any atom is -0.461 e. The third-order valence-corrected chi connectivity index (χ3v) is 11.9. The van der Waals surface area contributed by atoms with Crippen molar-refractivity contribution in [3.63, 3.8) is 0 Å². The lowest BCUT2D eigenvalue weighted by atomic mass is 10.0. The summed E-state index contributed by atoms with van der Waals surface area (Å²) in [6, 6.07) is 7.67. The Hall–Kier alpha value is -3.61. The molecule has 1 aromatic heterocycles. The highest BCUT2D eigenvalue weighted by Gasteiger charge is 2.44. The Kier molecular flexibility index (Phi) is 27.2. The van der Waals surface area contributed by atoms with Crippen molar-refractivity contribution in [2.24, 2.45) is 0 Å². The second kappa shape index (κ2) is 32.1. The molecule has 1 aromatic carbocycles. The molecule has 2 heterocycles. The molecule has 1 fully saturated rings. The second-order valence-corrected chi connectivity index (χ2v) is 17.1. The Balaban J connectivity index is 1.10. The highest BCUT2D eigenvalue weighted by molar-refractivity contribution is 5.91. The van der Waals surface area contributed by atoms with E-state index in [1.165, 1.54) is 128 Å². The number of aromatic amines is 1. The molecule has 0 unspecified atom stereocenters. The number of nitrogens with zero attached hydrogens (tertiary/aromatic N) is 1. The number of carbonyl (C=O) groups is 3. The van der Waals surface area contributed by atoms with Crippen molar-refractivity contribution in [2.75, 3.05) is 6.61 Å². The minimum absolute atomic E-state index is 0.0954. The summed E-state index contributed by atoms with van der Waals surface area (Å²) in [6.45, 7) is 1.76. The molecular weight excluding hydrogens is 777 g/mol. The summed E-state index contributed by atoms with van der Waals surface area (Å²) in [5, 5.41) is 20.9. The lowest BCUT2D eigenvalue weighted by Crippen LogP contribution is -2.37. The maximum Gasteiger partial charge on any atom is 0.338 e. The van der Waals surface area contributed by atoms with Gasteiger partial charge in [0, 0.05) is 37.1 Å². The first-order chi connectivity index (χ1) is 29.7. The molecule has 344 valence electrons. The third-order valence-electron chi connectivity index (χ3n) is 11.9. The Bertz CT molecular complexity index is 1620. The van der Waals surface area contributed by atoms with Crippen molar-refractivity contribution in [3.8, 4) is 0 Å². The van der Waals surface area contributed by atoms with E-state index in [9.17, 15) is 34.2 Å². The predicted molar refractivity (Wildman–Crippen MR) is 238 cm³/mol. The lowest BCUT2D eigenvalue weighted by Gasteiger charge is -2.16. The van der Waals surface area contributed by atoms with Crippen molar-refractivity contribution in [1.82, 2.24) is 9.55 Å². The van der Waals surface area contributed by atoms with Gasteiger partial charge in [-0.3, -0.25) is 23.9 Å². The number of esters is 2. The van der Waals surface area contributed by atoms with E-state index in [1.807, 2.05) is 0 Å². The van der Waals surface area contributed by atoms with Gasteiger partial charge in [-0.15, -0.1) is 0 Å². The summed E-state index contributed by atoms with van der Waals surface area (Å²) < 4.78 is 17.4. The predicted octanol–water partition coefficient (Wildman–Crippen LogP) is 9.96. The third kappa shape index (κ3) is 21.8. The molecule has 0 bridgehead atoms. The number of aliphatic hydroxyl groups excluding tert-OH is 2. The van der Waals surface area contributed by atoms with Gasteiger partial charge in [-0.05, 0) is 25.3 Å². The molecule has 0 radical (unpaired) electrons. The van der Waals surface area contributed by atoms with E-state index < -0.39 is 48.4 Å². The fourth-order valence-corrected chi connectivity index (χ4v) is 8.04. The van der Waals surface area contributed by atoms with Crippen LogP contribution in [0.3, 0.4) is 0 Å². The standard InChI is InChI=1S/C49H78N2O10/c1-2-3-4-5-6-7-8-10-13-16-19-22-25-31-40(52)32-26-23-20-17-14-11-9-12-15-18-21-24-27-34-44(54)59-37-39-30-28-29-33-41(39)48(57)60-38-42-45(55)46(56)47(61-42)51-36-35-43(53)50-49(51)58/h28-30,33,35-36,42,45-47,55-56H,2-27,31-32,34,37-38H2,1H3,(H,50,53,58)/t42-,45-,46-,47-/m1/s1. The van der Waals surface area contributed by atoms with E-state index in [0.717, 1.165) is 68.2 Å². The van der Waals surface area contributed by atoms with Gasteiger partial charge in [0.25, 0.3) is 5.56 Å². The molecule has 4 atom stereocenters. The molecule has 3 rings (SSSR count). The fourth-order valence-electron chi connectivity index (χ4n) is 8.04. The number of rotatable bonds is 36. The van der Waals surface area contributed by atoms with Crippen LogP contribution in [0, 0.1) is 0 Å². The van der Waals surface area contributed by atoms with E-state index in [1.54, 1.807) is 24.3 Å². The zero-order valence-corrected chi connectivity index (χ0v) is 37.3. The monoisotopic (exact) mass is 855 g/mol. The normalized spacial score (nSPS) is 17.4. The number of unbranched alkanes of at least 4 members (excludes halogenated alkanes) is 24. The van der Waals surface area contributed by atoms with Crippen molar-refractivity contribution in [3.05, 3.63) is 68.5 Å². The Morgan fingerprint density at radius 2 is 1.10 bits per heavy atom. The molecule has 2 aromatic rings. The molecule has 0 amide bonds. The van der Waals surface area contributed by atoms with Crippen LogP contribution in [0.2, 0.25) is 0 Å². The summed E-state index contributed by atoms with van der Waals surface area (Å²) in [6.07, 6.45) is 29.9. The largest absolute Gasteiger partial charge is 0.461 e. The van der Waals surface area contributed by atoms with Gasteiger partial charge in [-0.1, -0.05) is 173 Å². The van der Waals surface area contributed by atoms with Gasteiger partial charge in [-0.2, -0.15) is 0 Å². The molecule has 12 heteroatoms. The lowest BCUT2D eigenvalue weighted by molar-refractivity contribution is -0.145. The van der Waals surface area contributed by atoms with E-state index in [4.69, 9.17) is 14.2 Å². The van der Waals surface area contributed by atoms with Gasteiger partial charge in [0.15, 0.2) is 6.23 Å². The smallest absolute Gasteiger partial charge is 0.338 e. The van der Waals surface area contributed by atoms with Crippen LogP contribution in [0.15, 0.2) is 46.1 Å². The molecular formula is C49H78N2O10. The summed E-state index contributed by atoms with van der Waals surface area (Å²) in [4.78, 5) is 63.2. The number of hydrogen-bond donors (Lipinski definition) is 3. The molecule has 1 aliphatic heterocycles. The van der Waals surface area contributed by atoms with Gasteiger partial charge >= 0.3 is 17.6 Å². The van der Waals surface area contributed by atoms with Crippen molar-refractivity contribution < 1.29 is 38.8 Å². The van der Waals surface area contributed by atoms with Crippen LogP contribution in [0.5, 0.6) is 0 Å². The van der Waals surface area contributed by atoms with Crippen molar-refractivity contribution in [1.29, 1.82) is 0 Å². The zero-order chi connectivity index (χ0) is 43.9. The topological polar surface area (TPSA) is 174 Å². The molecule has 1 aliphatic rings. The number of aromatic nitrogens is 2. The van der Waals surface area contributed by atoms with Crippen LogP contribution in [-0.4, -0.2) is 62.4 Å². The van der Waals surface area contributed by atoms with Gasteiger partial charge < -0.3 is 24.4 Å². The number of Topliss-reactive ketones (excluding diaryl/α,β-unsaturated/α-hetero) is 1. The summed E-state index contributed by atoms with van der Waals surface area (Å²) >= 11 is 0. The van der Waals surface area contributed by atoms with E-state index in [-0.39, 0.29) is 18.1 Å². The number of ketones is 1. The van der Waals surface area contributed by atoms with Gasteiger partial charge in [0.05, 0.1) is 5.56 Å². The first-order valence-electron chi connectivity index (χ1n) is 24.0. The van der Waals surface area contributed by atoms with Crippen molar-refractivity contribution >= 4 is 17.7 Å². The molecule has 0 saturated carbocycles.